The first kappa shape index (κ1) is 24.2. The van der Waals surface area contributed by atoms with Crippen molar-refractivity contribution in [2.45, 2.75) is 50.5 Å². The maximum Gasteiger partial charge on any atom is 0.410 e. The summed E-state index contributed by atoms with van der Waals surface area (Å²) in [6, 6.07) is 19.8. The maximum absolute atomic E-state index is 13.2. The van der Waals surface area contributed by atoms with Gasteiger partial charge in [0.15, 0.2) is 6.04 Å². The van der Waals surface area contributed by atoms with E-state index >= 15 is 0 Å². The summed E-state index contributed by atoms with van der Waals surface area (Å²) in [6.07, 6.45) is 0.269. The molecule has 1 amide bonds. The Balaban J connectivity index is 1.68. The highest BCUT2D eigenvalue weighted by Crippen LogP contribution is 2.46. The minimum atomic E-state index is -0.756. The predicted octanol–water partition coefficient (Wildman–Crippen LogP) is 3.47. The normalized spacial score (nSPS) is 22.3. The summed E-state index contributed by atoms with van der Waals surface area (Å²) < 4.78 is 16.4. The van der Waals surface area contributed by atoms with Crippen LogP contribution in [-0.2, 0) is 19.0 Å². The number of hydrogen-bond acceptors (Lipinski definition) is 6. The molecule has 3 atom stereocenters. The number of methoxy groups -OCH3 is 1. The van der Waals surface area contributed by atoms with Crippen molar-refractivity contribution in [3.63, 3.8) is 0 Å². The van der Waals surface area contributed by atoms with Gasteiger partial charge in [-0.1, -0.05) is 60.7 Å². The summed E-state index contributed by atoms with van der Waals surface area (Å²) >= 11 is 0. The van der Waals surface area contributed by atoms with Crippen LogP contribution in [-0.4, -0.2) is 66.5 Å². The maximum atomic E-state index is 13.2. The molecule has 1 saturated heterocycles. The highest BCUT2D eigenvalue weighted by molar-refractivity contribution is 7.73. The lowest BCUT2D eigenvalue weighted by Crippen LogP contribution is -2.43. The molecular weight excluding hydrogens is 451 g/mol. The Morgan fingerprint density at radius 3 is 2.15 bits per heavy atom. The lowest BCUT2D eigenvalue weighted by atomic mass is 10.2. The Labute approximate surface area is 201 Å². The van der Waals surface area contributed by atoms with E-state index in [4.69, 9.17) is 14.2 Å². The van der Waals surface area contributed by atoms with E-state index in [-0.39, 0.29) is 12.3 Å². The minimum Gasteiger partial charge on any atom is -0.477 e. The summed E-state index contributed by atoms with van der Waals surface area (Å²) in [5, 5.41) is 2.50. The summed E-state index contributed by atoms with van der Waals surface area (Å²) in [5.74, 6) is -0.0379. The Hall–Kier alpha value is -2.92. The first-order chi connectivity index (χ1) is 16.3. The summed E-state index contributed by atoms with van der Waals surface area (Å²) in [6.45, 7) is 6.19. The quantitative estimate of drug-likeness (QED) is 0.482. The van der Waals surface area contributed by atoms with Crippen molar-refractivity contribution in [1.29, 1.82) is 0 Å². The van der Waals surface area contributed by atoms with Gasteiger partial charge in [0, 0.05) is 12.2 Å². The summed E-state index contributed by atoms with van der Waals surface area (Å²) in [4.78, 5) is 31.5. The predicted molar refractivity (Wildman–Crippen MR) is 133 cm³/mol. The van der Waals surface area contributed by atoms with E-state index < -0.39 is 37.7 Å². The number of carbonyl (C=O) groups excluding carboxylic acids is 2. The van der Waals surface area contributed by atoms with Crippen molar-refractivity contribution < 1.29 is 23.8 Å². The Morgan fingerprint density at radius 1 is 1.03 bits per heavy atom. The van der Waals surface area contributed by atoms with Crippen molar-refractivity contribution in [2.75, 3.05) is 20.3 Å². The number of ether oxygens (including phenoxy) is 3. The molecule has 2 aliphatic rings. The second-order valence-electron chi connectivity index (χ2n) is 9.40. The summed E-state index contributed by atoms with van der Waals surface area (Å²) in [7, 11) is 0.579. The fourth-order valence-corrected chi connectivity index (χ4v) is 7.21. The zero-order chi connectivity index (χ0) is 24.3. The van der Waals surface area contributed by atoms with Crippen LogP contribution < -0.4 is 10.6 Å². The molecule has 34 heavy (non-hydrogen) atoms. The Bertz CT molecular complexity index is 999. The van der Waals surface area contributed by atoms with Gasteiger partial charge in [0.1, 0.15) is 18.2 Å². The zero-order valence-electron chi connectivity index (χ0n) is 20.0. The lowest BCUT2D eigenvalue weighted by molar-refractivity contribution is -0.142. The largest absolute Gasteiger partial charge is 0.477 e. The zero-order valence-corrected chi connectivity index (χ0v) is 20.9. The van der Waals surface area contributed by atoms with E-state index in [1.54, 1.807) is 4.90 Å². The number of hydrogen-bond donors (Lipinski definition) is 0. The number of benzene rings is 2. The molecule has 180 valence electrons. The first-order valence-corrected chi connectivity index (χ1v) is 12.8. The van der Waals surface area contributed by atoms with Crippen LogP contribution in [0.4, 0.5) is 4.79 Å². The van der Waals surface area contributed by atoms with E-state index in [9.17, 15) is 9.59 Å². The molecule has 0 bridgehead atoms. The van der Waals surface area contributed by atoms with Gasteiger partial charge in [-0.3, -0.25) is 4.90 Å². The molecule has 0 unspecified atom stereocenters. The van der Waals surface area contributed by atoms with Crippen LogP contribution in [0.1, 0.15) is 27.2 Å². The van der Waals surface area contributed by atoms with Gasteiger partial charge < -0.3 is 14.2 Å². The van der Waals surface area contributed by atoms with Crippen molar-refractivity contribution in [3.8, 4) is 0 Å². The van der Waals surface area contributed by atoms with Gasteiger partial charge in [-0.25, -0.2) is 14.6 Å². The van der Waals surface area contributed by atoms with E-state index in [0.717, 1.165) is 0 Å². The topological polar surface area (TPSA) is 77.4 Å². The van der Waals surface area contributed by atoms with Crippen LogP contribution in [0.3, 0.4) is 0 Å². The van der Waals surface area contributed by atoms with E-state index in [2.05, 4.69) is 53.5 Å². The van der Waals surface area contributed by atoms with Gasteiger partial charge in [-0.2, -0.15) is 0 Å². The molecule has 4 rings (SSSR count). The monoisotopic (exact) mass is 482 g/mol. The third kappa shape index (κ3) is 5.41. The van der Waals surface area contributed by atoms with Gasteiger partial charge in [0.2, 0.25) is 5.90 Å². The second-order valence-corrected chi connectivity index (χ2v) is 11.9. The van der Waals surface area contributed by atoms with Crippen LogP contribution in [0.25, 0.3) is 0 Å². The highest BCUT2D eigenvalue weighted by atomic mass is 31.1. The van der Waals surface area contributed by atoms with Gasteiger partial charge >= 0.3 is 12.1 Å². The highest BCUT2D eigenvalue weighted by Gasteiger charge is 2.46. The van der Waals surface area contributed by atoms with Crippen LogP contribution >= 0.6 is 7.92 Å². The minimum absolute atomic E-state index is 0.122. The SMILES string of the molecule is COC(=O)[C@@H]1COC([C@@H]2C[C@H](P(c3ccccc3)c3ccccc3)CN2C(=O)OC(C)(C)C)=N1. The van der Waals surface area contributed by atoms with Gasteiger partial charge in [-0.05, 0) is 45.7 Å². The number of carbonyl (C=O) groups is 2. The van der Waals surface area contributed by atoms with Gasteiger partial charge in [0.25, 0.3) is 0 Å². The van der Waals surface area contributed by atoms with Crippen molar-refractivity contribution in [3.05, 3.63) is 60.7 Å². The molecule has 2 aromatic rings. The average molecular weight is 483 g/mol. The lowest BCUT2D eigenvalue weighted by Gasteiger charge is -2.28. The van der Waals surface area contributed by atoms with Crippen molar-refractivity contribution in [2.24, 2.45) is 4.99 Å². The molecule has 2 heterocycles. The van der Waals surface area contributed by atoms with Crippen LogP contribution in [0, 0.1) is 0 Å². The van der Waals surface area contributed by atoms with E-state index in [1.807, 2.05) is 32.9 Å². The number of rotatable bonds is 5. The van der Waals surface area contributed by atoms with Crippen LogP contribution in [0.5, 0.6) is 0 Å². The standard InChI is InChI=1S/C26H31N2O5P/c1-26(2,3)33-25(30)28-16-20(15-22(28)23-27-21(17-32-23)24(29)31-4)34(18-11-7-5-8-12-18)19-13-9-6-10-14-19/h5-14,20-22H,15-17H2,1-4H3/t20-,21-,22-/m0/s1. The molecule has 0 saturated carbocycles. The molecule has 1 fully saturated rings. The fraction of sp³-hybridized carbons (Fsp3) is 0.423. The Kier molecular flexibility index (Phi) is 7.22. The fourth-order valence-electron chi connectivity index (χ4n) is 4.34. The van der Waals surface area contributed by atoms with Crippen LogP contribution in [0.2, 0.25) is 0 Å². The Morgan fingerprint density at radius 2 is 1.62 bits per heavy atom. The van der Waals surface area contributed by atoms with Gasteiger partial charge in [-0.15, -0.1) is 0 Å². The van der Waals surface area contributed by atoms with Crippen LogP contribution in [0.15, 0.2) is 65.7 Å². The molecule has 0 aliphatic carbocycles. The number of esters is 1. The van der Waals surface area contributed by atoms with E-state index in [1.165, 1.54) is 17.7 Å². The van der Waals surface area contributed by atoms with E-state index in [0.29, 0.717) is 18.9 Å². The third-order valence-corrected chi connectivity index (χ3v) is 8.58. The second kappa shape index (κ2) is 10.1. The molecule has 2 aromatic carbocycles. The average Bonchev–Trinajstić information content (AvgIpc) is 3.47. The molecule has 7 nitrogen and oxygen atoms in total. The van der Waals surface area contributed by atoms with Gasteiger partial charge in [0.05, 0.1) is 7.11 Å². The summed E-state index contributed by atoms with van der Waals surface area (Å²) in [5.41, 5.74) is -0.461. The molecule has 0 radical (unpaired) electrons. The molecule has 0 N–H and O–H groups in total. The third-order valence-electron chi connectivity index (χ3n) is 5.77. The van der Waals surface area contributed by atoms with Crippen molar-refractivity contribution in [1.82, 2.24) is 4.90 Å². The molecule has 0 spiro atoms. The van der Waals surface area contributed by atoms with Crippen molar-refractivity contribution >= 4 is 36.5 Å². The molecular formula is C26H31N2O5P. The molecule has 8 heteroatoms. The number of nitrogens with zero attached hydrogens (tertiary/aromatic N) is 2. The molecule has 0 aromatic heterocycles. The smallest absolute Gasteiger partial charge is 0.410 e. The number of aliphatic imine (C=N–C) groups is 1. The number of likely N-dealkylation sites (tertiary alicyclic amines) is 1. The molecule has 2 aliphatic heterocycles. The first-order valence-electron chi connectivity index (χ1n) is 11.4. The number of amides is 1.